The number of furan rings is 2. The molecular weight excluding hydrogens is 1200 g/mol. The van der Waals surface area contributed by atoms with Crippen molar-refractivity contribution in [3.63, 3.8) is 0 Å². The molecule has 2 fully saturated rings. The number of alkyl carbamates (subject to hydrolysis) is 1. The van der Waals surface area contributed by atoms with Gasteiger partial charge >= 0.3 is 24.0 Å². The van der Waals surface area contributed by atoms with Crippen LogP contribution in [0.15, 0.2) is 153 Å². The number of hydrogen-bond acceptors (Lipinski definition) is 17. The summed E-state index contributed by atoms with van der Waals surface area (Å²) in [5, 5.41) is 13.9. The van der Waals surface area contributed by atoms with Crippen LogP contribution in [0.4, 0.5) is 4.79 Å². The number of fused-ring (bicyclic) bond motifs is 5. The first kappa shape index (κ1) is 67.4. The minimum atomic E-state index is -1.01. The lowest BCUT2D eigenvalue weighted by atomic mass is 9.98. The van der Waals surface area contributed by atoms with Gasteiger partial charge in [-0.2, -0.15) is 9.98 Å². The summed E-state index contributed by atoms with van der Waals surface area (Å²) in [5.41, 5.74) is 9.83. The first-order valence-electron chi connectivity index (χ1n) is 30.9. The van der Waals surface area contributed by atoms with E-state index in [2.05, 4.69) is 103 Å². The number of ether oxygens (including phenoxy) is 6. The van der Waals surface area contributed by atoms with Crippen molar-refractivity contribution >= 4 is 59.6 Å². The van der Waals surface area contributed by atoms with Gasteiger partial charge in [-0.05, 0) is 77.1 Å². The number of halogens is 2. The summed E-state index contributed by atoms with van der Waals surface area (Å²) in [4.78, 5) is 63.2. The predicted octanol–water partition coefficient (Wildman–Crippen LogP) is 10.9. The van der Waals surface area contributed by atoms with Crippen LogP contribution in [0.25, 0.3) is 46.2 Å². The smallest absolute Gasteiger partial charge is 0.407 e. The largest absolute Gasteiger partial charge is 0.461 e. The van der Waals surface area contributed by atoms with Crippen LogP contribution >= 0.6 is 23.2 Å². The number of rotatable bonds is 24. The number of nitrogens with one attached hydrogen (secondary N) is 1. The maximum Gasteiger partial charge on any atom is 0.407 e. The molecular formula is C71H81Cl2N5O13. The number of amides is 1. The molecule has 20 heteroatoms. The SMILES string of the molecule is C.C=C1N=c2oc(-c3ccc(CCCCC)cc3)cc2=CN1C1CC(OC(=O)CCl)C(CO)O1.C=C1N=c2oc(-c3ccc(CCCCC)cc3)cc2=CN1C1CC(OC(=O)CCl)C(COC(=O)C(NC(=O)OCC2c3ccccc3-c3ccccc32)C(C)C)O1. The Morgan fingerprint density at radius 3 is 1.56 bits per heavy atom. The van der Waals surface area contributed by atoms with E-state index in [1.807, 2.05) is 60.9 Å². The highest BCUT2D eigenvalue weighted by atomic mass is 35.5. The second kappa shape index (κ2) is 31.4. The van der Waals surface area contributed by atoms with Crippen molar-refractivity contribution in [2.24, 2.45) is 15.9 Å². The zero-order valence-electron chi connectivity index (χ0n) is 51.2. The van der Waals surface area contributed by atoms with Crippen molar-refractivity contribution in [1.29, 1.82) is 0 Å². The normalized spacial score (nSPS) is 19.8. The number of esters is 3. The molecule has 7 unspecified atom stereocenters. The van der Waals surface area contributed by atoms with Crippen LogP contribution < -0.4 is 26.9 Å². The molecule has 0 radical (unpaired) electrons. The number of aryl methyl sites for hydroxylation is 2. The van der Waals surface area contributed by atoms with Gasteiger partial charge in [0.05, 0.1) is 17.0 Å². The summed E-state index contributed by atoms with van der Waals surface area (Å²) < 4.78 is 46.8. The second-order valence-corrected chi connectivity index (χ2v) is 23.8. The summed E-state index contributed by atoms with van der Waals surface area (Å²) in [5.74, 6) is -0.717. The first-order chi connectivity index (χ1) is 43.6. The maximum atomic E-state index is 13.5. The summed E-state index contributed by atoms with van der Waals surface area (Å²) in [6, 6.07) is 35.7. The van der Waals surface area contributed by atoms with E-state index in [0.29, 0.717) is 34.9 Å². The average Bonchev–Trinajstić information content (AvgIpc) is 1.68. The van der Waals surface area contributed by atoms with E-state index in [9.17, 15) is 24.3 Å². The van der Waals surface area contributed by atoms with Crippen molar-refractivity contribution in [3.8, 4) is 33.8 Å². The van der Waals surface area contributed by atoms with E-state index >= 15 is 0 Å². The van der Waals surface area contributed by atoms with Gasteiger partial charge in [0.25, 0.3) is 0 Å². The highest BCUT2D eigenvalue weighted by Crippen LogP contribution is 2.44. The van der Waals surface area contributed by atoms with Gasteiger partial charge in [-0.3, -0.25) is 9.59 Å². The number of unbranched alkanes of at least 4 members (excludes halogenated alkanes) is 4. The molecule has 0 saturated carbocycles. The van der Waals surface area contributed by atoms with Gasteiger partial charge in [0.2, 0.25) is 11.1 Å². The van der Waals surface area contributed by atoms with Crippen LogP contribution in [0.3, 0.4) is 0 Å². The fourth-order valence-electron chi connectivity index (χ4n) is 11.8. The molecule has 7 atom stereocenters. The molecule has 6 heterocycles. The van der Waals surface area contributed by atoms with E-state index in [1.54, 1.807) is 23.6 Å². The number of benzene rings is 4. The molecule has 4 aliphatic heterocycles. The van der Waals surface area contributed by atoms with Crippen LogP contribution in [-0.4, -0.2) is 113 Å². The average molecular weight is 1280 g/mol. The second-order valence-electron chi connectivity index (χ2n) is 23.2. The van der Waals surface area contributed by atoms with Gasteiger partial charge in [-0.1, -0.05) is 171 Å². The van der Waals surface area contributed by atoms with Crippen LogP contribution in [0.5, 0.6) is 0 Å². The number of alkyl halides is 2. The lowest BCUT2D eigenvalue weighted by Crippen LogP contribution is -2.46. The first-order valence-corrected chi connectivity index (χ1v) is 32.0. The third kappa shape index (κ3) is 16.2. The van der Waals surface area contributed by atoms with Crippen LogP contribution in [-0.2, 0) is 55.6 Å². The van der Waals surface area contributed by atoms with Crippen LogP contribution in [0.2, 0.25) is 0 Å². The van der Waals surface area contributed by atoms with E-state index < -0.39 is 66.9 Å². The van der Waals surface area contributed by atoms with E-state index in [4.69, 9.17) is 60.5 Å². The minimum absolute atomic E-state index is 0. The quantitative estimate of drug-likeness (QED) is 0.0250. The number of carbonyl (C=O) groups is 4. The Balaban J connectivity index is 0.000000245. The molecule has 0 bridgehead atoms. The Morgan fingerprint density at radius 2 is 1.11 bits per heavy atom. The van der Waals surface area contributed by atoms with Gasteiger partial charge in [-0.25, -0.2) is 9.59 Å². The molecule has 18 nitrogen and oxygen atoms in total. The molecule has 5 aliphatic rings. The van der Waals surface area contributed by atoms with Crippen molar-refractivity contribution in [2.45, 2.75) is 148 Å². The molecule has 2 aromatic heterocycles. The number of aliphatic hydroxyl groups excluding tert-OH is 1. The van der Waals surface area contributed by atoms with Gasteiger partial charge < -0.3 is 57.5 Å². The Labute approximate surface area is 540 Å². The number of carbonyl (C=O) groups excluding carboxylic acids is 4. The van der Waals surface area contributed by atoms with Crippen LogP contribution in [0, 0.1) is 5.92 Å². The lowest BCUT2D eigenvalue weighted by molar-refractivity contribution is -0.158. The zero-order valence-corrected chi connectivity index (χ0v) is 52.7. The summed E-state index contributed by atoms with van der Waals surface area (Å²) in [6.45, 7) is 15.7. The molecule has 0 spiro atoms. The summed E-state index contributed by atoms with van der Waals surface area (Å²) in [6.07, 6.45) is 8.86. The standard InChI is InChI=1S/C45H48ClN3O8.C25H29ClN2O5.CH4/c1-5-6-7-12-29-17-19-30(20-18-29)37-21-31-24-49(28(4)47-43(31)57-37)40-22-38(56-41(50)23-46)39(55-40)26-53-44(51)42(27(2)3)48-45(52)54-25-36-34-15-10-8-13-32(34)33-14-9-11-16-35(33)36;1-3-4-5-6-17-7-9-18(10-8-17)20-11-19-14-28(16(2)27-25(19)33-20)23-12-21(22(15-29)31-23)32-24(30)13-26;/h8-11,13-21,24,27,36,38-40,42H,4-7,12,22-23,25-26H2,1-3H3,(H,48,52);7-11,14,21-23,29H,2-6,12-13,15H2,1H3;1H4. The maximum absolute atomic E-state index is 13.5. The predicted molar refractivity (Wildman–Crippen MR) is 347 cm³/mol. The van der Waals surface area contributed by atoms with Crippen molar-refractivity contribution < 1.29 is 61.5 Å². The zero-order chi connectivity index (χ0) is 63.4. The van der Waals surface area contributed by atoms with Gasteiger partial charge in [0, 0.05) is 42.3 Å². The van der Waals surface area contributed by atoms with Crippen LogP contribution in [0.1, 0.15) is 115 Å². The Kier molecular flexibility index (Phi) is 23.2. The monoisotopic (exact) mass is 1280 g/mol. The molecule has 1 aliphatic carbocycles. The summed E-state index contributed by atoms with van der Waals surface area (Å²) in [7, 11) is 0. The Bertz CT molecular complexity index is 3770. The fraction of sp³-hybridized carbons (Fsp3) is 0.408. The lowest BCUT2D eigenvalue weighted by Gasteiger charge is -2.27. The molecule has 4 aromatic carbocycles. The third-order valence-corrected chi connectivity index (χ3v) is 17.0. The molecule has 1 amide bonds. The van der Waals surface area contributed by atoms with Gasteiger partial charge in [0.15, 0.2) is 0 Å². The third-order valence-electron chi connectivity index (χ3n) is 16.6. The molecule has 2 N–H and O–H groups in total. The minimum Gasteiger partial charge on any atom is -0.461 e. The Hall–Kier alpha value is -8.00. The van der Waals surface area contributed by atoms with Crippen molar-refractivity contribution in [2.75, 3.05) is 31.6 Å². The van der Waals surface area contributed by atoms with Crippen molar-refractivity contribution in [3.05, 3.63) is 178 Å². The molecule has 11 rings (SSSR count). The number of aliphatic hydroxyl groups is 1. The van der Waals surface area contributed by atoms with Gasteiger partial charge in [-0.15, -0.1) is 23.2 Å². The number of nitrogens with zero attached hydrogens (tertiary/aromatic N) is 4. The van der Waals surface area contributed by atoms with Gasteiger partial charge in [0.1, 0.15) is 91.0 Å². The molecule has 482 valence electrons. The molecule has 6 aromatic rings. The van der Waals surface area contributed by atoms with E-state index in [-0.39, 0.29) is 57.3 Å². The Morgan fingerprint density at radius 1 is 0.648 bits per heavy atom. The highest BCUT2D eigenvalue weighted by molar-refractivity contribution is 6.26. The summed E-state index contributed by atoms with van der Waals surface area (Å²) >= 11 is 11.3. The van der Waals surface area contributed by atoms with E-state index in [0.717, 1.165) is 68.8 Å². The fourth-order valence-corrected chi connectivity index (χ4v) is 11.9. The highest BCUT2D eigenvalue weighted by Gasteiger charge is 2.44. The molecule has 2 saturated heterocycles. The topological polar surface area (TPSA) is 213 Å². The van der Waals surface area contributed by atoms with Crippen molar-refractivity contribution in [1.82, 2.24) is 15.1 Å². The van der Waals surface area contributed by atoms with E-state index in [1.165, 1.54) is 43.2 Å². The molecule has 91 heavy (non-hydrogen) atoms. The number of hydrogen-bond donors (Lipinski definition) is 2.